The van der Waals surface area contributed by atoms with E-state index in [0.717, 1.165) is 32.1 Å². The first-order chi connectivity index (χ1) is 16.6. The van der Waals surface area contributed by atoms with Gasteiger partial charge in [-0.25, -0.2) is 9.97 Å². The summed E-state index contributed by atoms with van der Waals surface area (Å²) in [6.07, 6.45) is 1.45. The molecule has 6 aromatic rings. The number of thiazole rings is 1. The Bertz CT molecular complexity index is 1730. The summed E-state index contributed by atoms with van der Waals surface area (Å²) >= 11 is 2.83. The van der Waals surface area contributed by atoms with Crippen molar-refractivity contribution in [3.05, 3.63) is 88.8 Å². The van der Waals surface area contributed by atoms with Gasteiger partial charge in [-0.2, -0.15) is 0 Å². The molecule has 1 amide bonds. The molecular formula is C26H18N4O2S2. The lowest BCUT2D eigenvalue weighted by molar-refractivity contribution is -0.118. The summed E-state index contributed by atoms with van der Waals surface area (Å²) in [6, 6.07) is 21.2. The lowest BCUT2D eigenvalue weighted by atomic mass is 10.0. The highest BCUT2D eigenvalue weighted by Crippen LogP contribution is 2.33. The predicted molar refractivity (Wildman–Crippen MR) is 140 cm³/mol. The molecule has 0 saturated heterocycles. The number of benzene rings is 3. The average Bonchev–Trinajstić information content (AvgIpc) is 3.47. The molecule has 0 bridgehead atoms. The lowest BCUT2D eigenvalue weighted by Gasteiger charge is -2.14. The maximum atomic E-state index is 13.5. The maximum Gasteiger partial charge on any atom is 0.263 e. The van der Waals surface area contributed by atoms with E-state index in [1.54, 1.807) is 6.92 Å². The summed E-state index contributed by atoms with van der Waals surface area (Å²) < 4.78 is 2.38. The molecule has 1 N–H and O–H groups in total. The molecule has 0 aliphatic heterocycles. The van der Waals surface area contributed by atoms with Crippen LogP contribution >= 0.6 is 22.7 Å². The van der Waals surface area contributed by atoms with Gasteiger partial charge in [0.05, 0.1) is 21.9 Å². The standard InChI is InChI=1S/C26H18N4O2S2/c1-15(23(31)29-26-28-20-8-4-5-9-21(20)34-26)30-14-27-24-22(25(30)32)19(13-33-24)18-11-10-16-6-2-3-7-17(16)12-18/h2-15H,1H3,(H,28,29,31). The topological polar surface area (TPSA) is 76.9 Å². The molecule has 3 aromatic carbocycles. The number of thiophene rings is 1. The van der Waals surface area contributed by atoms with Crippen LogP contribution in [0.15, 0.2) is 83.2 Å². The second kappa shape index (κ2) is 8.16. The summed E-state index contributed by atoms with van der Waals surface area (Å²) in [5, 5.41) is 8.09. The van der Waals surface area contributed by atoms with Gasteiger partial charge in [-0.3, -0.25) is 14.2 Å². The molecule has 0 fully saturated rings. The Morgan fingerprint density at radius 1 is 1.03 bits per heavy atom. The lowest BCUT2D eigenvalue weighted by Crippen LogP contribution is -2.31. The first kappa shape index (κ1) is 20.7. The summed E-state index contributed by atoms with van der Waals surface area (Å²) in [7, 11) is 0. The van der Waals surface area contributed by atoms with E-state index in [0.29, 0.717) is 15.3 Å². The number of nitrogens with one attached hydrogen (secondary N) is 1. The van der Waals surface area contributed by atoms with Crippen LogP contribution in [-0.4, -0.2) is 20.4 Å². The molecule has 0 radical (unpaired) electrons. The molecule has 8 heteroatoms. The zero-order valence-electron chi connectivity index (χ0n) is 18.1. The molecule has 3 aromatic heterocycles. The Morgan fingerprint density at radius 2 is 1.82 bits per heavy atom. The van der Waals surface area contributed by atoms with Gasteiger partial charge in [0.2, 0.25) is 5.91 Å². The number of carbonyl (C=O) groups is 1. The molecule has 6 rings (SSSR count). The van der Waals surface area contributed by atoms with Crippen LogP contribution in [0.2, 0.25) is 0 Å². The number of para-hydroxylation sites is 1. The van der Waals surface area contributed by atoms with E-state index in [9.17, 15) is 9.59 Å². The zero-order valence-corrected chi connectivity index (χ0v) is 19.7. The summed E-state index contributed by atoms with van der Waals surface area (Å²) in [4.78, 5) is 36.1. The van der Waals surface area contributed by atoms with E-state index >= 15 is 0 Å². The number of anilines is 1. The fraction of sp³-hybridized carbons (Fsp3) is 0.0769. The number of hydrogen-bond donors (Lipinski definition) is 1. The van der Waals surface area contributed by atoms with Gasteiger partial charge in [-0.15, -0.1) is 11.3 Å². The van der Waals surface area contributed by atoms with Gasteiger partial charge in [0.25, 0.3) is 5.56 Å². The molecule has 34 heavy (non-hydrogen) atoms. The first-order valence-corrected chi connectivity index (χ1v) is 12.4. The summed E-state index contributed by atoms with van der Waals surface area (Å²) in [5.74, 6) is -0.315. The Labute approximate surface area is 202 Å². The third-order valence-electron chi connectivity index (χ3n) is 5.90. The highest BCUT2D eigenvalue weighted by molar-refractivity contribution is 7.22. The quantitative estimate of drug-likeness (QED) is 0.330. The second-order valence-corrected chi connectivity index (χ2v) is 9.89. The van der Waals surface area contributed by atoms with Gasteiger partial charge in [-0.05, 0) is 41.5 Å². The number of aromatic nitrogens is 3. The van der Waals surface area contributed by atoms with Gasteiger partial charge in [0.1, 0.15) is 10.9 Å². The van der Waals surface area contributed by atoms with E-state index in [4.69, 9.17) is 0 Å². The number of nitrogens with zero attached hydrogens (tertiary/aromatic N) is 3. The summed E-state index contributed by atoms with van der Waals surface area (Å²) in [5.41, 5.74) is 2.37. The third-order valence-corrected chi connectivity index (χ3v) is 7.74. The van der Waals surface area contributed by atoms with Crippen LogP contribution in [0, 0.1) is 0 Å². The molecule has 0 saturated carbocycles. The van der Waals surface area contributed by atoms with Crippen molar-refractivity contribution >= 4 is 64.9 Å². The van der Waals surface area contributed by atoms with E-state index in [2.05, 4.69) is 39.6 Å². The largest absolute Gasteiger partial charge is 0.300 e. The minimum atomic E-state index is -0.749. The minimum Gasteiger partial charge on any atom is -0.300 e. The molecule has 3 heterocycles. The number of amides is 1. The molecule has 166 valence electrons. The van der Waals surface area contributed by atoms with Crippen LogP contribution in [0.4, 0.5) is 5.13 Å². The Hall–Kier alpha value is -3.88. The Balaban J connectivity index is 1.37. The van der Waals surface area contributed by atoms with Crippen molar-refractivity contribution < 1.29 is 4.79 Å². The molecule has 0 aliphatic carbocycles. The van der Waals surface area contributed by atoms with Crippen molar-refractivity contribution in [1.82, 2.24) is 14.5 Å². The van der Waals surface area contributed by atoms with E-state index in [1.165, 1.54) is 33.6 Å². The molecule has 1 atom stereocenters. The van der Waals surface area contributed by atoms with Gasteiger partial charge in [0.15, 0.2) is 5.13 Å². The molecule has 1 unspecified atom stereocenters. The minimum absolute atomic E-state index is 0.235. The van der Waals surface area contributed by atoms with Crippen LogP contribution in [-0.2, 0) is 4.79 Å². The van der Waals surface area contributed by atoms with Gasteiger partial charge < -0.3 is 5.32 Å². The number of carbonyl (C=O) groups excluding carboxylic acids is 1. The maximum absolute atomic E-state index is 13.5. The van der Waals surface area contributed by atoms with Gasteiger partial charge >= 0.3 is 0 Å². The van der Waals surface area contributed by atoms with Crippen molar-refractivity contribution in [3.63, 3.8) is 0 Å². The Kier molecular flexibility index (Phi) is 4.97. The van der Waals surface area contributed by atoms with Crippen molar-refractivity contribution in [1.29, 1.82) is 0 Å². The van der Waals surface area contributed by atoms with Crippen molar-refractivity contribution in [3.8, 4) is 11.1 Å². The van der Waals surface area contributed by atoms with Crippen molar-refractivity contribution in [2.45, 2.75) is 13.0 Å². The van der Waals surface area contributed by atoms with Crippen LogP contribution in [0.25, 0.3) is 42.3 Å². The van der Waals surface area contributed by atoms with Gasteiger partial charge in [0, 0.05) is 10.9 Å². The van der Waals surface area contributed by atoms with Crippen LogP contribution in [0.5, 0.6) is 0 Å². The normalized spacial score (nSPS) is 12.4. The number of fused-ring (bicyclic) bond motifs is 3. The number of rotatable bonds is 4. The smallest absolute Gasteiger partial charge is 0.263 e. The molecular weight excluding hydrogens is 464 g/mol. The monoisotopic (exact) mass is 482 g/mol. The predicted octanol–water partition coefficient (Wildman–Crippen LogP) is 6.09. The number of hydrogen-bond acceptors (Lipinski definition) is 6. The fourth-order valence-corrected chi connectivity index (χ4v) is 5.83. The molecule has 0 spiro atoms. The molecule has 6 nitrogen and oxygen atoms in total. The van der Waals surface area contributed by atoms with Crippen LogP contribution in [0.3, 0.4) is 0 Å². The van der Waals surface area contributed by atoms with Crippen LogP contribution in [0.1, 0.15) is 13.0 Å². The van der Waals surface area contributed by atoms with E-state index in [1.807, 2.05) is 47.8 Å². The average molecular weight is 483 g/mol. The SMILES string of the molecule is CC(C(=O)Nc1nc2ccccc2s1)n1cnc2scc(-c3ccc4ccccc4c3)c2c1=O. The highest BCUT2D eigenvalue weighted by atomic mass is 32.1. The van der Waals surface area contributed by atoms with Crippen LogP contribution < -0.4 is 10.9 Å². The fourth-order valence-electron chi connectivity index (χ4n) is 4.05. The molecule has 0 aliphatic rings. The van der Waals surface area contributed by atoms with Crippen molar-refractivity contribution in [2.24, 2.45) is 0 Å². The third kappa shape index (κ3) is 3.48. The highest BCUT2D eigenvalue weighted by Gasteiger charge is 2.21. The van der Waals surface area contributed by atoms with E-state index < -0.39 is 6.04 Å². The first-order valence-electron chi connectivity index (χ1n) is 10.7. The summed E-state index contributed by atoms with van der Waals surface area (Å²) in [6.45, 7) is 1.69. The van der Waals surface area contributed by atoms with Crippen molar-refractivity contribution in [2.75, 3.05) is 5.32 Å². The zero-order chi connectivity index (χ0) is 23.2. The van der Waals surface area contributed by atoms with Gasteiger partial charge in [-0.1, -0.05) is 59.9 Å². The Morgan fingerprint density at radius 3 is 2.68 bits per heavy atom. The van der Waals surface area contributed by atoms with E-state index in [-0.39, 0.29) is 11.5 Å². The second-order valence-electron chi connectivity index (χ2n) is 8.00.